The zero-order chi connectivity index (χ0) is 14.2. The molecule has 0 aromatic heterocycles. The molecule has 1 aromatic rings. The Morgan fingerprint density at radius 2 is 2.10 bits per heavy atom. The summed E-state index contributed by atoms with van der Waals surface area (Å²) in [6.45, 7) is 2.51. The SMILES string of the molecule is CN(C(=O)CCOc1ccccc1)C1CCCNCC1. The minimum Gasteiger partial charge on any atom is -0.493 e. The summed E-state index contributed by atoms with van der Waals surface area (Å²) in [6, 6.07) is 10.0. The van der Waals surface area contributed by atoms with Crippen LogP contribution in [0.15, 0.2) is 30.3 Å². The van der Waals surface area contributed by atoms with E-state index in [2.05, 4.69) is 5.32 Å². The molecule has 2 rings (SSSR count). The molecule has 1 atom stereocenters. The lowest BCUT2D eigenvalue weighted by molar-refractivity contribution is -0.132. The van der Waals surface area contributed by atoms with Gasteiger partial charge in [0.05, 0.1) is 13.0 Å². The van der Waals surface area contributed by atoms with E-state index in [9.17, 15) is 4.79 Å². The Kier molecular flexibility index (Phi) is 5.87. The van der Waals surface area contributed by atoms with Crippen molar-refractivity contribution in [3.8, 4) is 5.75 Å². The number of hydrogen-bond donors (Lipinski definition) is 1. The summed E-state index contributed by atoms with van der Waals surface area (Å²) >= 11 is 0. The quantitative estimate of drug-likeness (QED) is 0.895. The minimum absolute atomic E-state index is 0.174. The van der Waals surface area contributed by atoms with E-state index in [0.717, 1.165) is 38.1 Å². The number of rotatable bonds is 5. The van der Waals surface area contributed by atoms with Gasteiger partial charge in [-0.2, -0.15) is 0 Å². The molecule has 1 unspecified atom stereocenters. The topological polar surface area (TPSA) is 41.6 Å². The van der Waals surface area contributed by atoms with Crippen molar-refractivity contribution < 1.29 is 9.53 Å². The largest absolute Gasteiger partial charge is 0.493 e. The van der Waals surface area contributed by atoms with Crippen molar-refractivity contribution in [1.82, 2.24) is 10.2 Å². The third kappa shape index (κ3) is 4.53. The molecule has 4 nitrogen and oxygen atoms in total. The molecule has 0 bridgehead atoms. The summed E-state index contributed by atoms with van der Waals surface area (Å²) in [7, 11) is 1.92. The summed E-state index contributed by atoms with van der Waals surface area (Å²) < 4.78 is 5.58. The van der Waals surface area contributed by atoms with E-state index in [1.807, 2.05) is 42.3 Å². The molecule has 20 heavy (non-hydrogen) atoms. The molecule has 1 aliphatic heterocycles. The number of nitrogens with zero attached hydrogens (tertiary/aromatic N) is 1. The second-order valence-electron chi connectivity index (χ2n) is 5.25. The lowest BCUT2D eigenvalue weighted by Crippen LogP contribution is -2.38. The van der Waals surface area contributed by atoms with E-state index in [4.69, 9.17) is 4.74 Å². The maximum Gasteiger partial charge on any atom is 0.225 e. The number of benzene rings is 1. The number of hydrogen-bond acceptors (Lipinski definition) is 3. The van der Waals surface area contributed by atoms with Crippen molar-refractivity contribution in [2.45, 2.75) is 31.7 Å². The summed E-state index contributed by atoms with van der Waals surface area (Å²) in [5.74, 6) is 0.995. The van der Waals surface area contributed by atoms with Crippen LogP contribution in [0.25, 0.3) is 0 Å². The molecule has 1 aliphatic rings. The van der Waals surface area contributed by atoms with Crippen LogP contribution in [-0.2, 0) is 4.79 Å². The fourth-order valence-corrected chi connectivity index (χ4v) is 2.54. The Bertz CT molecular complexity index is 400. The summed E-state index contributed by atoms with van der Waals surface area (Å²) in [4.78, 5) is 14.1. The van der Waals surface area contributed by atoms with Gasteiger partial charge in [0.25, 0.3) is 0 Å². The van der Waals surface area contributed by atoms with Crippen LogP contribution in [0.4, 0.5) is 0 Å². The maximum atomic E-state index is 12.2. The lowest BCUT2D eigenvalue weighted by atomic mass is 10.1. The molecule has 1 saturated heterocycles. The van der Waals surface area contributed by atoms with Crippen molar-refractivity contribution in [2.24, 2.45) is 0 Å². The van der Waals surface area contributed by atoms with Crippen molar-refractivity contribution in [2.75, 3.05) is 26.7 Å². The van der Waals surface area contributed by atoms with Gasteiger partial charge in [-0.05, 0) is 44.5 Å². The number of ether oxygens (including phenoxy) is 1. The standard InChI is InChI=1S/C16H24N2O2/c1-18(14-6-5-11-17-12-9-14)16(19)10-13-20-15-7-3-2-4-8-15/h2-4,7-8,14,17H,5-6,9-13H2,1H3. The first kappa shape index (κ1) is 14.9. The molecule has 0 radical (unpaired) electrons. The highest BCUT2D eigenvalue weighted by Gasteiger charge is 2.20. The number of carbonyl (C=O) groups is 1. The van der Waals surface area contributed by atoms with Gasteiger partial charge in [-0.25, -0.2) is 0 Å². The highest BCUT2D eigenvalue weighted by atomic mass is 16.5. The van der Waals surface area contributed by atoms with Gasteiger partial charge in [0.1, 0.15) is 5.75 Å². The molecule has 0 saturated carbocycles. The summed E-state index contributed by atoms with van der Waals surface area (Å²) in [5, 5.41) is 3.37. The van der Waals surface area contributed by atoms with Crippen molar-refractivity contribution >= 4 is 5.91 Å². The van der Waals surface area contributed by atoms with Crippen LogP contribution in [0, 0.1) is 0 Å². The second-order valence-corrected chi connectivity index (χ2v) is 5.25. The molecule has 110 valence electrons. The van der Waals surface area contributed by atoms with E-state index in [0.29, 0.717) is 19.1 Å². The van der Waals surface area contributed by atoms with E-state index in [-0.39, 0.29) is 5.91 Å². The van der Waals surface area contributed by atoms with Crippen molar-refractivity contribution in [3.63, 3.8) is 0 Å². The molecule has 0 aliphatic carbocycles. The Morgan fingerprint density at radius 1 is 1.30 bits per heavy atom. The smallest absolute Gasteiger partial charge is 0.225 e. The van der Waals surface area contributed by atoms with Gasteiger partial charge in [-0.15, -0.1) is 0 Å². The zero-order valence-electron chi connectivity index (χ0n) is 12.2. The number of amides is 1. The third-order valence-corrected chi connectivity index (χ3v) is 3.81. The van der Waals surface area contributed by atoms with Crippen molar-refractivity contribution in [1.29, 1.82) is 0 Å². The molecular formula is C16H24N2O2. The van der Waals surface area contributed by atoms with Gasteiger partial charge < -0.3 is 15.0 Å². The van der Waals surface area contributed by atoms with Crippen LogP contribution < -0.4 is 10.1 Å². The molecule has 4 heteroatoms. The zero-order valence-corrected chi connectivity index (χ0v) is 12.2. The predicted molar refractivity (Wildman–Crippen MR) is 79.8 cm³/mol. The molecule has 1 heterocycles. The van der Waals surface area contributed by atoms with E-state index < -0.39 is 0 Å². The highest BCUT2D eigenvalue weighted by molar-refractivity contribution is 5.76. The van der Waals surface area contributed by atoms with Crippen LogP contribution in [0.1, 0.15) is 25.7 Å². The number of carbonyl (C=O) groups excluding carboxylic acids is 1. The average molecular weight is 276 g/mol. The fraction of sp³-hybridized carbons (Fsp3) is 0.562. The van der Waals surface area contributed by atoms with Gasteiger partial charge in [0, 0.05) is 13.1 Å². The lowest BCUT2D eigenvalue weighted by Gasteiger charge is -2.27. The Labute approximate surface area is 121 Å². The highest BCUT2D eigenvalue weighted by Crippen LogP contribution is 2.13. The Balaban J connectivity index is 1.73. The van der Waals surface area contributed by atoms with Gasteiger partial charge >= 0.3 is 0 Å². The molecular weight excluding hydrogens is 252 g/mol. The molecule has 0 spiro atoms. The summed E-state index contributed by atoms with van der Waals surface area (Å²) in [6.07, 6.45) is 3.72. The third-order valence-electron chi connectivity index (χ3n) is 3.81. The van der Waals surface area contributed by atoms with Crippen LogP contribution >= 0.6 is 0 Å². The fourth-order valence-electron chi connectivity index (χ4n) is 2.54. The van der Waals surface area contributed by atoms with Gasteiger partial charge in [0.2, 0.25) is 5.91 Å². The summed E-state index contributed by atoms with van der Waals surface area (Å²) in [5.41, 5.74) is 0. The molecule has 1 N–H and O–H groups in total. The van der Waals surface area contributed by atoms with E-state index >= 15 is 0 Å². The first-order valence-corrected chi connectivity index (χ1v) is 7.41. The number of nitrogens with one attached hydrogen (secondary N) is 1. The molecule has 1 aromatic carbocycles. The van der Waals surface area contributed by atoms with Gasteiger partial charge in [-0.1, -0.05) is 18.2 Å². The van der Waals surface area contributed by atoms with Crippen LogP contribution in [0.3, 0.4) is 0 Å². The Hall–Kier alpha value is -1.55. The van der Waals surface area contributed by atoms with E-state index in [1.165, 1.54) is 0 Å². The van der Waals surface area contributed by atoms with Gasteiger partial charge in [0.15, 0.2) is 0 Å². The molecule has 1 amide bonds. The monoisotopic (exact) mass is 276 g/mol. The van der Waals surface area contributed by atoms with Crippen LogP contribution in [0.5, 0.6) is 5.75 Å². The predicted octanol–water partition coefficient (Wildman–Crippen LogP) is 2.06. The van der Waals surface area contributed by atoms with Gasteiger partial charge in [-0.3, -0.25) is 4.79 Å². The van der Waals surface area contributed by atoms with Crippen LogP contribution in [-0.4, -0.2) is 43.6 Å². The van der Waals surface area contributed by atoms with E-state index in [1.54, 1.807) is 0 Å². The van der Waals surface area contributed by atoms with Crippen LogP contribution in [0.2, 0.25) is 0 Å². The number of para-hydroxylation sites is 1. The average Bonchev–Trinajstić information content (AvgIpc) is 2.76. The maximum absolute atomic E-state index is 12.2. The Morgan fingerprint density at radius 3 is 2.90 bits per heavy atom. The minimum atomic E-state index is 0.174. The normalized spacial score (nSPS) is 19.1. The second kappa shape index (κ2) is 7.90. The first-order chi connectivity index (χ1) is 9.77. The molecule has 1 fully saturated rings. The van der Waals surface area contributed by atoms with Crippen molar-refractivity contribution in [3.05, 3.63) is 30.3 Å². The first-order valence-electron chi connectivity index (χ1n) is 7.41.